The van der Waals surface area contributed by atoms with Crippen LogP contribution in [0.2, 0.25) is 0 Å². The highest BCUT2D eigenvalue weighted by Crippen LogP contribution is 2.21. The van der Waals surface area contributed by atoms with Crippen LogP contribution in [0.3, 0.4) is 0 Å². The van der Waals surface area contributed by atoms with Gasteiger partial charge in [-0.25, -0.2) is 0 Å². The van der Waals surface area contributed by atoms with Gasteiger partial charge in [-0.2, -0.15) is 0 Å². The number of hydrogen-bond donors (Lipinski definition) is 1. The molecule has 2 fully saturated rings. The van der Waals surface area contributed by atoms with Crippen molar-refractivity contribution >= 4 is 5.97 Å². The maximum Gasteiger partial charge on any atom is 0.306 e. The van der Waals surface area contributed by atoms with Gasteiger partial charge in [-0.1, -0.05) is 26.2 Å². The molecule has 0 aromatic heterocycles. The Bertz CT molecular complexity index is 303. The van der Waals surface area contributed by atoms with Crippen LogP contribution in [0.15, 0.2) is 0 Å². The first kappa shape index (κ1) is 15.8. The standard InChI is InChI=1S/C16H30N2O2/c1-13-10-15(17-14-6-4-3-5-7-14)12-18(11-13)9-8-16(19)20-2/h13-15,17H,3-12H2,1-2H3. The summed E-state index contributed by atoms with van der Waals surface area (Å²) in [7, 11) is 1.47. The molecule has 1 saturated carbocycles. The Labute approximate surface area is 123 Å². The summed E-state index contributed by atoms with van der Waals surface area (Å²) in [4.78, 5) is 13.7. The van der Waals surface area contributed by atoms with Crippen molar-refractivity contribution in [3.05, 3.63) is 0 Å². The lowest BCUT2D eigenvalue weighted by Gasteiger charge is -2.39. The van der Waals surface area contributed by atoms with E-state index in [1.54, 1.807) is 0 Å². The summed E-state index contributed by atoms with van der Waals surface area (Å²) in [6.07, 6.45) is 8.63. The zero-order valence-corrected chi connectivity index (χ0v) is 13.1. The van der Waals surface area contributed by atoms with Crippen LogP contribution in [0.4, 0.5) is 0 Å². The second kappa shape index (κ2) is 7.99. The fourth-order valence-corrected chi connectivity index (χ4v) is 3.72. The van der Waals surface area contributed by atoms with Crippen molar-refractivity contribution in [2.45, 2.75) is 64.0 Å². The third-order valence-electron chi connectivity index (χ3n) is 4.67. The first-order valence-electron chi connectivity index (χ1n) is 8.22. The van der Waals surface area contributed by atoms with Gasteiger partial charge in [0.1, 0.15) is 0 Å². The van der Waals surface area contributed by atoms with Crippen LogP contribution in [0.25, 0.3) is 0 Å². The normalized spacial score (nSPS) is 29.3. The molecular formula is C16H30N2O2. The van der Waals surface area contributed by atoms with E-state index in [1.807, 2.05) is 0 Å². The minimum Gasteiger partial charge on any atom is -0.469 e. The van der Waals surface area contributed by atoms with E-state index in [-0.39, 0.29) is 5.97 Å². The molecule has 1 N–H and O–H groups in total. The molecule has 2 rings (SSSR count). The SMILES string of the molecule is COC(=O)CCN1CC(C)CC(NC2CCCCC2)C1. The molecule has 0 bridgehead atoms. The van der Waals surface area contributed by atoms with Gasteiger partial charge in [0, 0.05) is 31.7 Å². The molecule has 20 heavy (non-hydrogen) atoms. The smallest absolute Gasteiger partial charge is 0.306 e. The van der Waals surface area contributed by atoms with Gasteiger partial charge in [0.05, 0.1) is 13.5 Å². The Morgan fingerprint density at radius 2 is 1.95 bits per heavy atom. The number of hydrogen-bond acceptors (Lipinski definition) is 4. The molecule has 0 radical (unpaired) electrons. The summed E-state index contributed by atoms with van der Waals surface area (Å²) >= 11 is 0. The summed E-state index contributed by atoms with van der Waals surface area (Å²) in [5, 5.41) is 3.86. The van der Waals surface area contributed by atoms with E-state index in [4.69, 9.17) is 4.74 Å². The minimum atomic E-state index is -0.0972. The Morgan fingerprint density at radius 3 is 2.65 bits per heavy atom. The molecule has 2 unspecified atom stereocenters. The average molecular weight is 282 g/mol. The van der Waals surface area contributed by atoms with Gasteiger partial charge in [-0.3, -0.25) is 4.79 Å². The van der Waals surface area contributed by atoms with Crippen LogP contribution in [0.1, 0.15) is 51.9 Å². The predicted octanol–water partition coefficient (Wildman–Crippen LogP) is 2.18. The van der Waals surface area contributed by atoms with Crippen LogP contribution in [0, 0.1) is 5.92 Å². The van der Waals surface area contributed by atoms with Crippen molar-refractivity contribution in [2.24, 2.45) is 5.92 Å². The summed E-state index contributed by atoms with van der Waals surface area (Å²) in [5.74, 6) is 0.613. The Kier molecular flexibility index (Phi) is 6.30. The lowest BCUT2D eigenvalue weighted by Crippen LogP contribution is -2.52. The van der Waals surface area contributed by atoms with E-state index >= 15 is 0 Å². The number of piperidine rings is 1. The van der Waals surface area contributed by atoms with Crippen LogP contribution in [-0.4, -0.2) is 49.7 Å². The summed E-state index contributed by atoms with van der Waals surface area (Å²) in [6, 6.07) is 1.32. The van der Waals surface area contributed by atoms with Crippen LogP contribution >= 0.6 is 0 Å². The molecule has 1 aliphatic heterocycles. The lowest BCUT2D eigenvalue weighted by atomic mass is 9.91. The van der Waals surface area contributed by atoms with Crippen LogP contribution in [-0.2, 0) is 9.53 Å². The highest BCUT2D eigenvalue weighted by Gasteiger charge is 2.27. The van der Waals surface area contributed by atoms with Crippen LogP contribution < -0.4 is 5.32 Å². The highest BCUT2D eigenvalue weighted by molar-refractivity contribution is 5.69. The molecule has 116 valence electrons. The highest BCUT2D eigenvalue weighted by atomic mass is 16.5. The molecule has 1 aliphatic carbocycles. The number of nitrogens with one attached hydrogen (secondary N) is 1. The van der Waals surface area contributed by atoms with Crippen molar-refractivity contribution < 1.29 is 9.53 Å². The predicted molar refractivity (Wildman–Crippen MR) is 80.7 cm³/mol. The van der Waals surface area contributed by atoms with Crippen molar-refractivity contribution in [2.75, 3.05) is 26.7 Å². The number of ether oxygens (including phenoxy) is 1. The molecule has 2 aliphatic rings. The Hall–Kier alpha value is -0.610. The molecule has 0 aromatic rings. The van der Waals surface area contributed by atoms with Gasteiger partial charge < -0.3 is 15.0 Å². The van der Waals surface area contributed by atoms with Crippen LogP contribution in [0.5, 0.6) is 0 Å². The van der Waals surface area contributed by atoms with Crippen molar-refractivity contribution in [3.63, 3.8) is 0 Å². The molecule has 1 saturated heterocycles. The first-order valence-corrected chi connectivity index (χ1v) is 8.22. The zero-order chi connectivity index (χ0) is 14.4. The first-order chi connectivity index (χ1) is 9.67. The average Bonchev–Trinajstić information content (AvgIpc) is 2.45. The van der Waals surface area contributed by atoms with Gasteiger partial charge in [-0.05, 0) is 25.2 Å². The van der Waals surface area contributed by atoms with Gasteiger partial charge in [0.25, 0.3) is 0 Å². The lowest BCUT2D eigenvalue weighted by molar-refractivity contribution is -0.141. The maximum atomic E-state index is 11.3. The van der Waals surface area contributed by atoms with Crippen molar-refractivity contribution in [3.8, 4) is 0 Å². The van der Waals surface area contributed by atoms with E-state index in [2.05, 4.69) is 17.1 Å². The van der Waals surface area contributed by atoms with E-state index < -0.39 is 0 Å². The van der Waals surface area contributed by atoms with E-state index in [0.29, 0.717) is 18.4 Å². The molecule has 2 atom stereocenters. The largest absolute Gasteiger partial charge is 0.469 e. The third-order valence-corrected chi connectivity index (χ3v) is 4.67. The van der Waals surface area contributed by atoms with Crippen molar-refractivity contribution in [1.29, 1.82) is 0 Å². The molecule has 1 heterocycles. The fraction of sp³-hybridized carbons (Fsp3) is 0.938. The maximum absolute atomic E-state index is 11.3. The summed E-state index contributed by atoms with van der Waals surface area (Å²) in [5.41, 5.74) is 0. The summed E-state index contributed by atoms with van der Waals surface area (Å²) in [6.45, 7) is 5.34. The zero-order valence-electron chi connectivity index (χ0n) is 13.1. The number of carbonyl (C=O) groups is 1. The Morgan fingerprint density at radius 1 is 1.20 bits per heavy atom. The molecule has 4 nitrogen and oxygen atoms in total. The third kappa shape index (κ3) is 5.06. The molecule has 0 amide bonds. The number of rotatable bonds is 5. The monoisotopic (exact) mass is 282 g/mol. The number of nitrogens with zero attached hydrogens (tertiary/aromatic N) is 1. The summed E-state index contributed by atoms with van der Waals surface area (Å²) < 4.78 is 4.74. The molecule has 4 heteroatoms. The number of methoxy groups -OCH3 is 1. The minimum absolute atomic E-state index is 0.0972. The quantitative estimate of drug-likeness (QED) is 0.785. The second-order valence-electron chi connectivity index (χ2n) is 6.63. The number of likely N-dealkylation sites (tertiary alicyclic amines) is 1. The van der Waals surface area contributed by atoms with Gasteiger partial charge in [0.15, 0.2) is 0 Å². The van der Waals surface area contributed by atoms with Gasteiger partial charge in [0.2, 0.25) is 0 Å². The molecule has 0 aromatic carbocycles. The second-order valence-corrected chi connectivity index (χ2v) is 6.63. The Balaban J connectivity index is 1.76. The van der Waals surface area contributed by atoms with E-state index in [1.165, 1.54) is 45.6 Å². The fourth-order valence-electron chi connectivity index (χ4n) is 3.72. The van der Waals surface area contributed by atoms with Gasteiger partial charge in [-0.15, -0.1) is 0 Å². The molecule has 0 spiro atoms. The number of esters is 1. The van der Waals surface area contributed by atoms with Crippen molar-refractivity contribution in [1.82, 2.24) is 10.2 Å². The topological polar surface area (TPSA) is 41.6 Å². The van der Waals surface area contributed by atoms with Gasteiger partial charge >= 0.3 is 5.97 Å². The van der Waals surface area contributed by atoms with E-state index in [9.17, 15) is 4.79 Å². The molecular weight excluding hydrogens is 252 g/mol. The number of carbonyl (C=O) groups excluding carboxylic acids is 1. The van der Waals surface area contributed by atoms with E-state index in [0.717, 1.165) is 25.7 Å².